The van der Waals surface area contributed by atoms with Crippen molar-refractivity contribution < 1.29 is 4.79 Å². The van der Waals surface area contributed by atoms with Crippen molar-refractivity contribution in [1.29, 1.82) is 0 Å². The van der Waals surface area contributed by atoms with E-state index in [0.29, 0.717) is 6.42 Å². The Morgan fingerprint density at radius 3 is 2.46 bits per heavy atom. The van der Waals surface area contributed by atoms with Gasteiger partial charge < -0.3 is 10.2 Å². The van der Waals surface area contributed by atoms with E-state index in [0.717, 1.165) is 17.8 Å². The predicted molar refractivity (Wildman–Crippen MR) is 101 cm³/mol. The molecule has 1 heterocycles. The van der Waals surface area contributed by atoms with Crippen molar-refractivity contribution in [3.05, 3.63) is 59.2 Å². The van der Waals surface area contributed by atoms with Gasteiger partial charge in [-0.15, -0.1) is 0 Å². The zero-order valence-electron chi connectivity index (χ0n) is 15.0. The lowest BCUT2D eigenvalue weighted by Crippen LogP contribution is -2.44. The Balaban J connectivity index is 1.98. The third-order valence-corrected chi connectivity index (χ3v) is 4.80. The minimum atomic E-state index is 0.190. The molecule has 2 aromatic rings. The van der Waals surface area contributed by atoms with Gasteiger partial charge in [0.2, 0.25) is 5.91 Å². The molecular formula is C21H26N2O. The second kappa shape index (κ2) is 6.68. The molecule has 0 fully saturated rings. The first kappa shape index (κ1) is 16.6. The Hall–Kier alpha value is -2.29. The van der Waals surface area contributed by atoms with Crippen molar-refractivity contribution in [2.24, 2.45) is 0 Å². The van der Waals surface area contributed by atoms with Crippen molar-refractivity contribution in [2.75, 3.05) is 10.2 Å². The Kier molecular flexibility index (Phi) is 4.61. The Labute approximate surface area is 144 Å². The van der Waals surface area contributed by atoms with Crippen molar-refractivity contribution in [2.45, 2.75) is 52.6 Å². The van der Waals surface area contributed by atoms with Gasteiger partial charge in [0.1, 0.15) is 0 Å². The van der Waals surface area contributed by atoms with E-state index in [4.69, 9.17) is 0 Å². The molecule has 3 nitrogen and oxygen atoms in total. The third kappa shape index (κ3) is 3.16. The number of carbonyl (C=O) groups is 1. The van der Waals surface area contributed by atoms with E-state index in [1.165, 1.54) is 16.7 Å². The van der Waals surface area contributed by atoms with Crippen molar-refractivity contribution >= 4 is 17.3 Å². The van der Waals surface area contributed by atoms with Crippen molar-refractivity contribution in [3.63, 3.8) is 0 Å². The fraction of sp³-hybridized carbons (Fsp3) is 0.381. The van der Waals surface area contributed by atoms with Crippen molar-refractivity contribution in [1.82, 2.24) is 0 Å². The fourth-order valence-electron chi connectivity index (χ4n) is 3.52. The topological polar surface area (TPSA) is 32.3 Å². The van der Waals surface area contributed by atoms with Crippen LogP contribution in [0.1, 0.15) is 49.4 Å². The van der Waals surface area contributed by atoms with E-state index in [-0.39, 0.29) is 18.0 Å². The summed E-state index contributed by atoms with van der Waals surface area (Å²) in [5.74, 6) is 0.196. The smallest absolute Gasteiger partial charge is 0.226 e. The van der Waals surface area contributed by atoms with E-state index in [1.807, 2.05) is 11.8 Å². The highest BCUT2D eigenvalue weighted by Crippen LogP contribution is 2.39. The van der Waals surface area contributed by atoms with Gasteiger partial charge >= 0.3 is 0 Å². The van der Waals surface area contributed by atoms with E-state index in [9.17, 15) is 4.79 Å². The molecule has 0 unspecified atom stereocenters. The van der Waals surface area contributed by atoms with Crippen molar-refractivity contribution in [3.8, 4) is 0 Å². The summed E-state index contributed by atoms with van der Waals surface area (Å²) in [6.07, 6.45) is 1.45. The van der Waals surface area contributed by atoms with Gasteiger partial charge in [-0.05, 0) is 51.0 Å². The molecule has 126 valence electrons. The molecule has 0 saturated heterocycles. The van der Waals surface area contributed by atoms with Gasteiger partial charge in [0.05, 0.1) is 6.04 Å². The fourth-order valence-corrected chi connectivity index (χ4v) is 3.52. The maximum absolute atomic E-state index is 12.4. The summed E-state index contributed by atoms with van der Waals surface area (Å²) in [5, 5.41) is 3.66. The van der Waals surface area contributed by atoms with Crippen LogP contribution in [0, 0.1) is 13.8 Å². The van der Waals surface area contributed by atoms with Crippen LogP contribution in [0.15, 0.2) is 42.5 Å². The number of aryl methyl sites for hydroxylation is 2. The number of amides is 1. The molecule has 3 rings (SSSR count). The number of hydrogen-bond donors (Lipinski definition) is 1. The molecule has 0 aliphatic carbocycles. The van der Waals surface area contributed by atoms with Gasteiger partial charge in [-0.25, -0.2) is 0 Å². The SMILES string of the molecule is CCC(=O)N1c2ccc(C)cc2[C@@H](Nc2ccc(C)cc2)C[C@H]1C. The first-order valence-corrected chi connectivity index (χ1v) is 8.75. The molecule has 1 N–H and O–H groups in total. The number of fused-ring (bicyclic) bond motifs is 1. The van der Waals surface area contributed by atoms with Crippen LogP contribution in [-0.4, -0.2) is 11.9 Å². The zero-order chi connectivity index (χ0) is 17.3. The lowest BCUT2D eigenvalue weighted by molar-refractivity contribution is -0.118. The van der Waals surface area contributed by atoms with E-state index in [2.05, 4.69) is 68.6 Å². The summed E-state index contributed by atoms with van der Waals surface area (Å²) in [6.45, 7) is 8.27. The molecule has 0 radical (unpaired) electrons. The Morgan fingerprint density at radius 2 is 1.79 bits per heavy atom. The second-order valence-corrected chi connectivity index (χ2v) is 6.83. The van der Waals surface area contributed by atoms with Gasteiger partial charge in [-0.1, -0.05) is 42.3 Å². The molecule has 3 heteroatoms. The van der Waals surface area contributed by atoms with Crippen LogP contribution in [0.25, 0.3) is 0 Å². The van der Waals surface area contributed by atoms with Gasteiger partial charge in [-0.3, -0.25) is 4.79 Å². The average Bonchev–Trinajstić information content (AvgIpc) is 2.57. The lowest BCUT2D eigenvalue weighted by atomic mass is 9.90. The number of nitrogens with zero attached hydrogens (tertiary/aromatic N) is 1. The van der Waals surface area contributed by atoms with Gasteiger partial charge in [0, 0.05) is 23.8 Å². The van der Waals surface area contributed by atoms with E-state index < -0.39 is 0 Å². The molecule has 1 amide bonds. The summed E-state index contributed by atoms with van der Waals surface area (Å²) in [5.41, 5.74) is 5.88. The van der Waals surface area contributed by atoms with Gasteiger partial charge in [0.15, 0.2) is 0 Å². The number of anilines is 2. The highest BCUT2D eigenvalue weighted by Gasteiger charge is 2.33. The number of hydrogen-bond acceptors (Lipinski definition) is 2. The largest absolute Gasteiger partial charge is 0.378 e. The molecule has 0 saturated carbocycles. The predicted octanol–water partition coefficient (Wildman–Crippen LogP) is 4.99. The third-order valence-electron chi connectivity index (χ3n) is 4.80. The van der Waals surface area contributed by atoms with Crippen LogP contribution in [0.4, 0.5) is 11.4 Å². The first-order valence-electron chi connectivity index (χ1n) is 8.75. The highest BCUT2D eigenvalue weighted by atomic mass is 16.2. The number of benzene rings is 2. The maximum atomic E-state index is 12.4. The summed E-state index contributed by atoms with van der Waals surface area (Å²) >= 11 is 0. The van der Waals surface area contributed by atoms with E-state index in [1.54, 1.807) is 0 Å². The highest BCUT2D eigenvalue weighted by molar-refractivity contribution is 5.95. The molecule has 2 aromatic carbocycles. The number of carbonyl (C=O) groups excluding carboxylic acids is 1. The van der Waals surface area contributed by atoms with E-state index >= 15 is 0 Å². The Bertz CT molecular complexity index is 736. The van der Waals surface area contributed by atoms with Crippen LogP contribution >= 0.6 is 0 Å². The summed E-state index contributed by atoms with van der Waals surface area (Å²) in [4.78, 5) is 14.4. The summed E-state index contributed by atoms with van der Waals surface area (Å²) in [7, 11) is 0. The molecule has 0 bridgehead atoms. The monoisotopic (exact) mass is 322 g/mol. The van der Waals surface area contributed by atoms with Gasteiger partial charge in [0.25, 0.3) is 0 Å². The van der Waals surface area contributed by atoms with Crippen LogP contribution in [0.2, 0.25) is 0 Å². The minimum Gasteiger partial charge on any atom is -0.378 e. The molecule has 2 atom stereocenters. The molecule has 1 aliphatic rings. The van der Waals surface area contributed by atoms with Crippen LogP contribution in [0.3, 0.4) is 0 Å². The maximum Gasteiger partial charge on any atom is 0.226 e. The van der Waals surface area contributed by atoms with Crippen LogP contribution < -0.4 is 10.2 Å². The molecule has 0 aromatic heterocycles. The number of rotatable bonds is 3. The second-order valence-electron chi connectivity index (χ2n) is 6.83. The normalized spacial score (nSPS) is 19.8. The quantitative estimate of drug-likeness (QED) is 0.863. The minimum absolute atomic E-state index is 0.190. The molecule has 0 spiro atoms. The van der Waals surface area contributed by atoms with Gasteiger partial charge in [-0.2, -0.15) is 0 Å². The molecular weight excluding hydrogens is 296 g/mol. The van der Waals surface area contributed by atoms with Crippen LogP contribution in [0.5, 0.6) is 0 Å². The lowest BCUT2D eigenvalue weighted by Gasteiger charge is -2.40. The molecule has 24 heavy (non-hydrogen) atoms. The summed E-state index contributed by atoms with van der Waals surface area (Å²) < 4.78 is 0. The Morgan fingerprint density at radius 1 is 1.12 bits per heavy atom. The zero-order valence-corrected chi connectivity index (χ0v) is 15.0. The summed E-state index contributed by atoms with van der Waals surface area (Å²) in [6, 6.07) is 15.3. The molecule has 1 aliphatic heterocycles. The standard InChI is InChI=1S/C21H26N2O/c1-5-21(24)23-16(4)13-19(18-12-15(3)8-11-20(18)23)22-17-9-6-14(2)7-10-17/h6-12,16,19,22H,5,13H2,1-4H3/t16-,19+/m1/s1. The average molecular weight is 322 g/mol. The number of nitrogens with one attached hydrogen (secondary N) is 1. The van der Waals surface area contributed by atoms with Crippen LogP contribution in [-0.2, 0) is 4.79 Å². The first-order chi connectivity index (χ1) is 11.5.